The molecule has 1 aromatic rings. The Morgan fingerprint density at radius 3 is 2.94 bits per heavy atom. The fraction of sp³-hybridized carbons (Fsp3) is 0.500. The highest BCUT2D eigenvalue weighted by molar-refractivity contribution is 6.17. The van der Waals surface area contributed by atoms with E-state index in [9.17, 15) is 4.79 Å². The fourth-order valence-corrected chi connectivity index (χ4v) is 1.69. The van der Waals surface area contributed by atoms with Crippen LogP contribution in [0.4, 0.5) is 0 Å². The van der Waals surface area contributed by atoms with E-state index in [0.29, 0.717) is 25.5 Å². The molecule has 3 nitrogen and oxygen atoms in total. The Bertz CT molecular complexity index is 369. The number of unbranched alkanes of at least 4 members (excludes halogenated alkanes) is 1. The first-order chi connectivity index (χ1) is 8.72. The van der Waals surface area contributed by atoms with E-state index in [4.69, 9.17) is 16.3 Å². The van der Waals surface area contributed by atoms with Crippen molar-refractivity contribution in [3.8, 4) is 5.75 Å². The van der Waals surface area contributed by atoms with Crippen LogP contribution >= 0.6 is 11.6 Å². The van der Waals surface area contributed by atoms with Gasteiger partial charge in [-0.1, -0.05) is 12.1 Å². The summed E-state index contributed by atoms with van der Waals surface area (Å²) in [6.07, 6.45) is 2.24. The van der Waals surface area contributed by atoms with Crippen LogP contribution in [-0.4, -0.2) is 24.9 Å². The van der Waals surface area contributed by atoms with Crippen LogP contribution < -0.4 is 10.1 Å². The number of amides is 1. The molecule has 0 saturated heterocycles. The number of hydrogen-bond donors (Lipinski definition) is 1. The highest BCUT2D eigenvalue weighted by atomic mass is 35.5. The number of aryl methyl sites for hydroxylation is 1. The predicted molar refractivity (Wildman–Crippen MR) is 74.3 cm³/mol. The largest absolute Gasteiger partial charge is 0.493 e. The Balaban J connectivity index is 2.12. The molecule has 1 N–H and O–H groups in total. The number of carbonyl (C=O) groups excluding carboxylic acids is 1. The zero-order valence-corrected chi connectivity index (χ0v) is 11.5. The van der Waals surface area contributed by atoms with Crippen LogP contribution in [0, 0.1) is 6.92 Å². The normalized spacial score (nSPS) is 10.1. The standard InChI is InChI=1S/C14H20ClNO2/c1-12-5-4-6-13(11-12)18-10-7-14(17)16-9-3-2-8-15/h4-6,11H,2-3,7-10H2,1H3,(H,16,17). The van der Waals surface area contributed by atoms with E-state index < -0.39 is 0 Å². The van der Waals surface area contributed by atoms with Crippen molar-refractivity contribution in [2.24, 2.45) is 0 Å². The Kier molecular flexibility index (Phi) is 7.26. The van der Waals surface area contributed by atoms with Gasteiger partial charge in [-0.15, -0.1) is 11.6 Å². The summed E-state index contributed by atoms with van der Waals surface area (Å²) in [4.78, 5) is 11.4. The second kappa shape index (κ2) is 8.81. The lowest BCUT2D eigenvalue weighted by Gasteiger charge is -2.07. The molecule has 0 fully saturated rings. The molecule has 0 aliphatic heterocycles. The van der Waals surface area contributed by atoms with Gasteiger partial charge in [0.1, 0.15) is 5.75 Å². The second-order valence-corrected chi connectivity index (χ2v) is 4.54. The summed E-state index contributed by atoms with van der Waals surface area (Å²) in [6.45, 7) is 3.11. The minimum absolute atomic E-state index is 0.0252. The quantitative estimate of drug-likeness (QED) is 0.582. The van der Waals surface area contributed by atoms with E-state index in [0.717, 1.165) is 24.2 Å². The van der Waals surface area contributed by atoms with Gasteiger partial charge in [0, 0.05) is 12.4 Å². The molecule has 0 radical (unpaired) electrons. The maximum absolute atomic E-state index is 11.4. The Hall–Kier alpha value is -1.22. The van der Waals surface area contributed by atoms with Crippen LogP contribution in [-0.2, 0) is 4.79 Å². The van der Waals surface area contributed by atoms with E-state index >= 15 is 0 Å². The van der Waals surface area contributed by atoms with Gasteiger partial charge < -0.3 is 10.1 Å². The second-order valence-electron chi connectivity index (χ2n) is 4.16. The first-order valence-corrected chi connectivity index (χ1v) is 6.78. The number of hydrogen-bond acceptors (Lipinski definition) is 2. The first kappa shape index (κ1) is 14.8. The van der Waals surface area contributed by atoms with Gasteiger partial charge in [0.05, 0.1) is 13.0 Å². The van der Waals surface area contributed by atoms with Crippen LogP contribution in [0.2, 0.25) is 0 Å². The molecule has 0 atom stereocenters. The summed E-state index contributed by atoms with van der Waals surface area (Å²) in [6, 6.07) is 7.80. The molecule has 1 rings (SSSR count). The van der Waals surface area contributed by atoms with Crippen LogP contribution in [0.5, 0.6) is 5.75 Å². The van der Waals surface area contributed by atoms with Gasteiger partial charge in [0.15, 0.2) is 0 Å². The third-order valence-corrected chi connectivity index (χ3v) is 2.74. The van der Waals surface area contributed by atoms with Crippen LogP contribution in [0.25, 0.3) is 0 Å². The van der Waals surface area contributed by atoms with Crippen LogP contribution in [0.3, 0.4) is 0 Å². The van der Waals surface area contributed by atoms with E-state index in [1.54, 1.807) is 0 Å². The molecule has 0 heterocycles. The molecule has 0 bridgehead atoms. The van der Waals surface area contributed by atoms with Crippen molar-refractivity contribution in [1.29, 1.82) is 0 Å². The summed E-state index contributed by atoms with van der Waals surface area (Å²) in [7, 11) is 0. The maximum Gasteiger partial charge on any atom is 0.223 e. The summed E-state index contributed by atoms with van der Waals surface area (Å²) in [5.74, 6) is 1.48. The molecule has 0 saturated carbocycles. The molecule has 1 aromatic carbocycles. The zero-order chi connectivity index (χ0) is 13.2. The van der Waals surface area contributed by atoms with Crippen LogP contribution in [0.1, 0.15) is 24.8 Å². The third kappa shape index (κ3) is 6.50. The summed E-state index contributed by atoms with van der Waals surface area (Å²) < 4.78 is 5.50. The maximum atomic E-state index is 11.4. The Morgan fingerprint density at radius 2 is 2.22 bits per heavy atom. The van der Waals surface area contributed by atoms with E-state index in [1.165, 1.54) is 0 Å². The molecule has 100 valence electrons. The molecule has 0 aliphatic carbocycles. The molecular weight excluding hydrogens is 250 g/mol. The van der Waals surface area contributed by atoms with Gasteiger partial charge in [0.2, 0.25) is 5.91 Å². The van der Waals surface area contributed by atoms with Crippen molar-refractivity contribution >= 4 is 17.5 Å². The van der Waals surface area contributed by atoms with Gasteiger partial charge >= 0.3 is 0 Å². The number of nitrogens with one attached hydrogen (secondary N) is 1. The van der Waals surface area contributed by atoms with Crippen molar-refractivity contribution in [1.82, 2.24) is 5.32 Å². The number of halogens is 1. The number of benzene rings is 1. The average Bonchev–Trinajstić information content (AvgIpc) is 2.35. The van der Waals surface area contributed by atoms with Gasteiger partial charge in [-0.25, -0.2) is 0 Å². The van der Waals surface area contributed by atoms with Gasteiger partial charge in [-0.2, -0.15) is 0 Å². The molecule has 0 unspecified atom stereocenters. The Morgan fingerprint density at radius 1 is 1.39 bits per heavy atom. The first-order valence-electron chi connectivity index (χ1n) is 6.24. The number of alkyl halides is 1. The van der Waals surface area contributed by atoms with Gasteiger partial charge in [-0.3, -0.25) is 4.79 Å². The van der Waals surface area contributed by atoms with E-state index in [1.807, 2.05) is 31.2 Å². The number of carbonyl (C=O) groups is 1. The summed E-state index contributed by atoms with van der Waals surface area (Å²) in [5.41, 5.74) is 1.15. The molecule has 1 amide bonds. The van der Waals surface area contributed by atoms with Crippen molar-refractivity contribution in [3.05, 3.63) is 29.8 Å². The van der Waals surface area contributed by atoms with Crippen molar-refractivity contribution in [3.63, 3.8) is 0 Å². The van der Waals surface area contributed by atoms with Crippen molar-refractivity contribution in [2.75, 3.05) is 19.0 Å². The third-order valence-electron chi connectivity index (χ3n) is 2.47. The van der Waals surface area contributed by atoms with Crippen molar-refractivity contribution < 1.29 is 9.53 Å². The average molecular weight is 270 g/mol. The van der Waals surface area contributed by atoms with Crippen LogP contribution in [0.15, 0.2) is 24.3 Å². The predicted octanol–water partition coefficient (Wildman–Crippen LogP) is 2.90. The molecule has 0 aliphatic rings. The van der Waals surface area contributed by atoms with E-state index in [-0.39, 0.29) is 5.91 Å². The minimum atomic E-state index is 0.0252. The zero-order valence-electron chi connectivity index (χ0n) is 10.7. The smallest absolute Gasteiger partial charge is 0.223 e. The monoisotopic (exact) mass is 269 g/mol. The molecule has 4 heteroatoms. The topological polar surface area (TPSA) is 38.3 Å². The summed E-state index contributed by atoms with van der Waals surface area (Å²) >= 11 is 5.55. The van der Waals surface area contributed by atoms with E-state index in [2.05, 4.69) is 5.32 Å². The summed E-state index contributed by atoms with van der Waals surface area (Å²) in [5, 5.41) is 2.84. The number of rotatable bonds is 8. The lowest BCUT2D eigenvalue weighted by atomic mass is 10.2. The lowest BCUT2D eigenvalue weighted by molar-refractivity contribution is -0.121. The highest BCUT2D eigenvalue weighted by Gasteiger charge is 2.01. The highest BCUT2D eigenvalue weighted by Crippen LogP contribution is 2.12. The minimum Gasteiger partial charge on any atom is -0.493 e. The van der Waals surface area contributed by atoms with Crippen molar-refractivity contribution in [2.45, 2.75) is 26.2 Å². The van der Waals surface area contributed by atoms with Gasteiger partial charge in [-0.05, 0) is 37.5 Å². The molecule has 18 heavy (non-hydrogen) atoms. The lowest BCUT2D eigenvalue weighted by Crippen LogP contribution is -2.25. The SMILES string of the molecule is Cc1cccc(OCCC(=O)NCCCCCl)c1. The molecule has 0 spiro atoms. The number of ether oxygens (including phenoxy) is 1. The van der Waals surface area contributed by atoms with Gasteiger partial charge in [0.25, 0.3) is 0 Å². The fourth-order valence-electron chi connectivity index (χ4n) is 1.50. The molecular formula is C14H20ClNO2. The molecule has 0 aromatic heterocycles. The Labute approximate surface area is 113 Å².